The van der Waals surface area contributed by atoms with Gasteiger partial charge in [-0.1, -0.05) is 23.4 Å². The first-order chi connectivity index (χ1) is 7.69. The van der Waals surface area contributed by atoms with Crippen LogP contribution in [-0.4, -0.2) is 21.7 Å². The van der Waals surface area contributed by atoms with E-state index in [2.05, 4.69) is 15.2 Å². The monoisotopic (exact) mass is 274 g/mol. The van der Waals surface area contributed by atoms with E-state index in [1.165, 1.54) is 0 Å². The molecule has 3 N–H and O–H groups in total. The molecule has 1 unspecified atom stereocenters. The van der Waals surface area contributed by atoms with Crippen LogP contribution in [0.1, 0.15) is 16.0 Å². The van der Waals surface area contributed by atoms with Crippen LogP contribution in [0.3, 0.4) is 0 Å². The fourth-order valence-electron chi connectivity index (χ4n) is 1.23. The van der Waals surface area contributed by atoms with Crippen molar-refractivity contribution < 1.29 is 0 Å². The van der Waals surface area contributed by atoms with Crippen molar-refractivity contribution in [3.8, 4) is 0 Å². The molecule has 0 spiro atoms. The number of hydrogen-bond donors (Lipinski definition) is 2. The Hall–Kier alpha value is -0.560. The molecular formula is C9H11ClN4S2. The summed E-state index contributed by atoms with van der Waals surface area (Å²) < 4.78 is 0.778. The standard InChI is InChI=1S/C9H11ClN4S2/c1-5-12-9(14-13-5)16-7(4-11)6-2-3-8(10)15-6/h2-3,7H,4,11H2,1H3,(H,12,13,14). The molecule has 0 saturated carbocycles. The van der Waals surface area contributed by atoms with Crippen LogP contribution in [0.25, 0.3) is 0 Å². The second-order valence-electron chi connectivity index (χ2n) is 3.19. The van der Waals surface area contributed by atoms with Crippen molar-refractivity contribution in [3.05, 3.63) is 27.2 Å². The molecule has 0 bridgehead atoms. The smallest absolute Gasteiger partial charge is 0.209 e. The van der Waals surface area contributed by atoms with E-state index in [0.717, 1.165) is 20.2 Å². The van der Waals surface area contributed by atoms with Gasteiger partial charge in [0.1, 0.15) is 5.82 Å². The second-order valence-corrected chi connectivity index (χ2v) is 6.10. The number of nitrogens with one attached hydrogen (secondary N) is 1. The van der Waals surface area contributed by atoms with Crippen molar-refractivity contribution in [2.45, 2.75) is 17.3 Å². The van der Waals surface area contributed by atoms with Crippen molar-refractivity contribution in [2.24, 2.45) is 5.73 Å². The number of aromatic amines is 1. The summed E-state index contributed by atoms with van der Waals surface area (Å²) in [6, 6.07) is 3.88. The summed E-state index contributed by atoms with van der Waals surface area (Å²) in [5.74, 6) is 0.808. The van der Waals surface area contributed by atoms with Gasteiger partial charge in [0.2, 0.25) is 5.16 Å². The molecule has 2 heterocycles. The molecule has 0 aliphatic rings. The number of nitrogens with two attached hydrogens (primary N) is 1. The Labute approximate surface area is 107 Å². The summed E-state index contributed by atoms with van der Waals surface area (Å²) in [6.07, 6.45) is 0. The van der Waals surface area contributed by atoms with Gasteiger partial charge in [0.05, 0.1) is 9.59 Å². The Morgan fingerprint density at radius 2 is 2.44 bits per heavy atom. The zero-order chi connectivity index (χ0) is 11.5. The van der Waals surface area contributed by atoms with E-state index in [4.69, 9.17) is 17.3 Å². The fraction of sp³-hybridized carbons (Fsp3) is 0.333. The van der Waals surface area contributed by atoms with Gasteiger partial charge in [-0.2, -0.15) is 0 Å². The molecule has 0 aromatic carbocycles. The highest BCUT2D eigenvalue weighted by Crippen LogP contribution is 2.37. The minimum Gasteiger partial charge on any atom is -0.329 e. The highest BCUT2D eigenvalue weighted by Gasteiger charge is 2.16. The number of thioether (sulfide) groups is 1. The lowest BCUT2D eigenvalue weighted by Gasteiger charge is -2.09. The number of aryl methyl sites for hydroxylation is 1. The average Bonchev–Trinajstić information content (AvgIpc) is 2.84. The average molecular weight is 275 g/mol. The van der Waals surface area contributed by atoms with Crippen LogP contribution in [0.5, 0.6) is 0 Å². The van der Waals surface area contributed by atoms with Crippen molar-refractivity contribution in [1.82, 2.24) is 15.2 Å². The molecule has 0 radical (unpaired) electrons. The molecule has 2 rings (SSSR count). The Morgan fingerprint density at radius 3 is 2.94 bits per heavy atom. The van der Waals surface area contributed by atoms with E-state index in [1.807, 2.05) is 19.1 Å². The topological polar surface area (TPSA) is 67.6 Å². The maximum absolute atomic E-state index is 5.90. The molecule has 0 fully saturated rings. The van der Waals surface area contributed by atoms with E-state index in [-0.39, 0.29) is 5.25 Å². The lowest BCUT2D eigenvalue weighted by atomic mass is 10.3. The van der Waals surface area contributed by atoms with Crippen molar-refractivity contribution in [2.75, 3.05) is 6.54 Å². The summed E-state index contributed by atoms with van der Waals surface area (Å²) in [6.45, 7) is 2.41. The Bertz CT molecular complexity index is 468. The minimum absolute atomic E-state index is 0.160. The predicted octanol–water partition coefficient (Wildman–Crippen LogP) is 2.62. The molecule has 0 saturated heterocycles. The van der Waals surface area contributed by atoms with Crippen LogP contribution in [0.2, 0.25) is 4.34 Å². The van der Waals surface area contributed by atoms with E-state index in [9.17, 15) is 0 Å². The molecule has 16 heavy (non-hydrogen) atoms. The quantitative estimate of drug-likeness (QED) is 0.841. The fourth-order valence-corrected chi connectivity index (χ4v) is 3.40. The molecule has 2 aromatic heterocycles. The highest BCUT2D eigenvalue weighted by atomic mass is 35.5. The first-order valence-corrected chi connectivity index (χ1v) is 6.77. The molecule has 2 aromatic rings. The van der Waals surface area contributed by atoms with E-state index in [1.54, 1.807) is 23.1 Å². The zero-order valence-corrected chi connectivity index (χ0v) is 11.0. The van der Waals surface area contributed by atoms with Crippen molar-refractivity contribution >= 4 is 34.7 Å². The molecule has 1 atom stereocenters. The van der Waals surface area contributed by atoms with Crippen LogP contribution < -0.4 is 5.73 Å². The van der Waals surface area contributed by atoms with Gasteiger partial charge < -0.3 is 5.73 Å². The lowest BCUT2D eigenvalue weighted by molar-refractivity contribution is 0.926. The van der Waals surface area contributed by atoms with Crippen molar-refractivity contribution in [3.63, 3.8) is 0 Å². The van der Waals surface area contributed by atoms with Gasteiger partial charge in [-0.25, -0.2) is 4.98 Å². The third kappa shape index (κ3) is 2.76. The molecule has 0 amide bonds. The molecule has 86 valence electrons. The molecule has 4 nitrogen and oxygen atoms in total. The number of nitrogens with zero attached hydrogens (tertiary/aromatic N) is 2. The minimum atomic E-state index is 0.160. The van der Waals surface area contributed by atoms with Crippen LogP contribution in [0, 0.1) is 6.92 Å². The van der Waals surface area contributed by atoms with E-state index in [0.29, 0.717) is 6.54 Å². The summed E-state index contributed by atoms with van der Waals surface area (Å²) in [5.41, 5.74) is 5.75. The van der Waals surface area contributed by atoms with Gasteiger partial charge in [0.25, 0.3) is 0 Å². The Morgan fingerprint density at radius 1 is 1.62 bits per heavy atom. The van der Waals surface area contributed by atoms with Gasteiger partial charge in [0, 0.05) is 11.4 Å². The summed E-state index contributed by atoms with van der Waals surface area (Å²) in [5, 5.41) is 7.77. The normalized spacial score (nSPS) is 12.9. The van der Waals surface area contributed by atoms with Gasteiger partial charge in [-0.05, 0) is 19.1 Å². The van der Waals surface area contributed by atoms with E-state index < -0.39 is 0 Å². The summed E-state index contributed by atoms with van der Waals surface area (Å²) in [4.78, 5) is 5.40. The maximum Gasteiger partial charge on any atom is 0.209 e. The van der Waals surface area contributed by atoms with Crippen molar-refractivity contribution in [1.29, 1.82) is 0 Å². The number of rotatable bonds is 4. The third-order valence-corrected chi connectivity index (χ3v) is 4.57. The number of aromatic nitrogens is 3. The third-order valence-electron chi connectivity index (χ3n) is 1.95. The van der Waals surface area contributed by atoms with Crippen LogP contribution in [0.15, 0.2) is 17.3 Å². The SMILES string of the molecule is Cc1nc(SC(CN)c2ccc(Cl)s2)n[nH]1. The van der Waals surface area contributed by atoms with E-state index >= 15 is 0 Å². The highest BCUT2D eigenvalue weighted by molar-refractivity contribution is 7.99. The van der Waals surface area contributed by atoms with Gasteiger partial charge >= 0.3 is 0 Å². The first-order valence-electron chi connectivity index (χ1n) is 4.70. The first kappa shape index (κ1) is 11.9. The number of hydrogen-bond acceptors (Lipinski definition) is 5. The van der Waals surface area contributed by atoms with Gasteiger partial charge in [-0.15, -0.1) is 16.4 Å². The molecule has 7 heteroatoms. The molecular weight excluding hydrogens is 264 g/mol. The van der Waals surface area contributed by atoms with Gasteiger partial charge in [-0.3, -0.25) is 5.10 Å². The van der Waals surface area contributed by atoms with Crippen LogP contribution in [0.4, 0.5) is 0 Å². The van der Waals surface area contributed by atoms with Gasteiger partial charge in [0.15, 0.2) is 0 Å². The number of H-pyrrole nitrogens is 1. The lowest BCUT2D eigenvalue weighted by Crippen LogP contribution is -2.08. The largest absolute Gasteiger partial charge is 0.329 e. The Kier molecular flexibility index (Phi) is 3.86. The number of halogens is 1. The summed E-state index contributed by atoms with van der Waals surface area (Å²) >= 11 is 8.99. The second kappa shape index (κ2) is 5.18. The molecule has 0 aliphatic carbocycles. The van der Waals surface area contributed by atoms with Crippen LogP contribution in [-0.2, 0) is 0 Å². The number of thiophene rings is 1. The zero-order valence-electron chi connectivity index (χ0n) is 8.61. The molecule has 0 aliphatic heterocycles. The predicted molar refractivity (Wildman–Crippen MR) is 68.1 cm³/mol. The summed E-state index contributed by atoms with van der Waals surface area (Å²) in [7, 11) is 0. The maximum atomic E-state index is 5.90. The Balaban J connectivity index is 2.12. The van der Waals surface area contributed by atoms with Crippen LogP contribution >= 0.6 is 34.7 Å².